The number of nitrogens with zero attached hydrogens (tertiary/aromatic N) is 4. The Morgan fingerprint density at radius 2 is 2.13 bits per heavy atom. The number of aromatic amines is 1. The Balaban J connectivity index is 1.70. The Kier molecular flexibility index (Phi) is 5.44. The van der Waals surface area contributed by atoms with Crippen molar-refractivity contribution < 1.29 is 13.6 Å². The van der Waals surface area contributed by atoms with Gasteiger partial charge >= 0.3 is 0 Å². The molecule has 4 aromatic rings. The summed E-state index contributed by atoms with van der Waals surface area (Å²) in [6.45, 7) is 1.77. The van der Waals surface area contributed by atoms with Crippen LogP contribution in [0, 0.1) is 5.82 Å². The molecule has 0 bridgehead atoms. The maximum atomic E-state index is 13.7. The molecule has 0 unspecified atom stereocenters. The van der Waals surface area contributed by atoms with Crippen LogP contribution in [0.1, 0.15) is 40.5 Å². The van der Waals surface area contributed by atoms with Gasteiger partial charge in [-0.3, -0.25) is 9.79 Å². The van der Waals surface area contributed by atoms with Gasteiger partial charge in [0.2, 0.25) is 5.89 Å². The number of aromatic nitrogens is 4. The van der Waals surface area contributed by atoms with E-state index in [9.17, 15) is 9.18 Å². The van der Waals surface area contributed by atoms with Crippen LogP contribution in [0.15, 0.2) is 52.5 Å². The normalized spacial score (nSPS) is 12.7. The molecule has 1 amide bonds. The quantitative estimate of drug-likeness (QED) is 0.412. The molecule has 3 N–H and O–H groups in total. The molecule has 31 heavy (non-hydrogen) atoms. The molecular formula is C21H20FN7O2. The zero-order valence-corrected chi connectivity index (χ0v) is 17.1. The van der Waals surface area contributed by atoms with Gasteiger partial charge in [-0.25, -0.2) is 19.3 Å². The molecule has 3 aromatic heterocycles. The average Bonchev–Trinajstić information content (AvgIpc) is 3.45. The molecule has 0 fully saturated rings. The predicted molar refractivity (Wildman–Crippen MR) is 114 cm³/mol. The minimum Gasteiger partial charge on any atom is -0.447 e. The smallest absolute Gasteiger partial charge is 0.255 e. The standard InChI is InChI=1S/C21H20FN7O2/c1-11(21-25-6-7-31-21)28-20(30)14-9-26-19-18(14)29-16(10-27-19)17(24-3)13-5-4-12(22)8-15(13)23-2/h4-11,23H,1-3H3,(H,26,27)(H,28,30)/b24-17+/t11-/m1/s1. The third-order valence-corrected chi connectivity index (χ3v) is 4.77. The zero-order chi connectivity index (χ0) is 22.0. The van der Waals surface area contributed by atoms with Crippen molar-refractivity contribution in [1.82, 2.24) is 25.3 Å². The minimum atomic E-state index is -0.422. The third-order valence-electron chi connectivity index (χ3n) is 4.77. The first-order valence-electron chi connectivity index (χ1n) is 9.51. The molecule has 0 aliphatic rings. The van der Waals surface area contributed by atoms with Gasteiger partial charge in [0.1, 0.15) is 29.3 Å². The number of nitrogens with one attached hydrogen (secondary N) is 3. The molecule has 0 saturated carbocycles. The highest BCUT2D eigenvalue weighted by molar-refractivity contribution is 6.15. The molecule has 0 spiro atoms. The number of amides is 1. The second kappa shape index (κ2) is 8.34. The average molecular weight is 421 g/mol. The summed E-state index contributed by atoms with van der Waals surface area (Å²) < 4.78 is 18.9. The highest BCUT2D eigenvalue weighted by Crippen LogP contribution is 2.22. The van der Waals surface area contributed by atoms with Gasteiger partial charge in [-0.15, -0.1) is 0 Å². The summed E-state index contributed by atoms with van der Waals surface area (Å²) >= 11 is 0. The SMILES string of the molecule is C/N=C(/c1cnc2[nH]cc(C(=O)N[C@H](C)c3ncco3)c2n1)c1ccc(F)cc1NC. The largest absolute Gasteiger partial charge is 0.447 e. The van der Waals surface area contributed by atoms with Crippen molar-refractivity contribution in [1.29, 1.82) is 0 Å². The summed E-state index contributed by atoms with van der Waals surface area (Å²) in [7, 11) is 3.32. The number of carbonyl (C=O) groups is 1. The lowest BCUT2D eigenvalue weighted by Crippen LogP contribution is -2.26. The number of fused-ring (bicyclic) bond motifs is 1. The highest BCUT2D eigenvalue weighted by atomic mass is 19.1. The van der Waals surface area contributed by atoms with E-state index in [1.54, 1.807) is 39.5 Å². The minimum absolute atomic E-state index is 0.325. The van der Waals surface area contributed by atoms with Crippen LogP contribution in [0.25, 0.3) is 11.2 Å². The molecule has 10 heteroatoms. The van der Waals surface area contributed by atoms with Gasteiger partial charge in [0.25, 0.3) is 5.91 Å². The number of oxazole rings is 1. The fraction of sp³-hybridized carbons (Fsp3) is 0.190. The first kappa shape index (κ1) is 20.2. The summed E-state index contributed by atoms with van der Waals surface area (Å²) in [5.41, 5.74) is 3.37. The van der Waals surface area contributed by atoms with Gasteiger partial charge in [-0.2, -0.15) is 0 Å². The molecule has 0 radical (unpaired) electrons. The van der Waals surface area contributed by atoms with E-state index in [1.165, 1.54) is 24.6 Å². The van der Waals surface area contributed by atoms with Gasteiger partial charge < -0.3 is 20.0 Å². The Bertz CT molecular complexity index is 1260. The maximum Gasteiger partial charge on any atom is 0.255 e. The van der Waals surface area contributed by atoms with Crippen molar-refractivity contribution in [2.75, 3.05) is 19.4 Å². The number of anilines is 1. The molecule has 3 heterocycles. The van der Waals surface area contributed by atoms with E-state index < -0.39 is 6.04 Å². The van der Waals surface area contributed by atoms with Crippen molar-refractivity contribution in [3.05, 3.63) is 71.6 Å². The van der Waals surface area contributed by atoms with Gasteiger partial charge in [0, 0.05) is 31.5 Å². The van der Waals surface area contributed by atoms with Crippen molar-refractivity contribution in [3.63, 3.8) is 0 Å². The number of H-pyrrole nitrogens is 1. The lowest BCUT2D eigenvalue weighted by molar-refractivity contribution is 0.0935. The van der Waals surface area contributed by atoms with Gasteiger partial charge in [-0.05, 0) is 25.1 Å². The lowest BCUT2D eigenvalue weighted by atomic mass is 10.0. The van der Waals surface area contributed by atoms with E-state index in [1.807, 2.05) is 0 Å². The van der Waals surface area contributed by atoms with Crippen LogP contribution < -0.4 is 10.6 Å². The summed E-state index contributed by atoms with van der Waals surface area (Å²) in [6.07, 6.45) is 6.07. The van der Waals surface area contributed by atoms with Crippen LogP contribution in [0.5, 0.6) is 0 Å². The second-order valence-corrected chi connectivity index (χ2v) is 6.73. The molecule has 0 aliphatic heterocycles. The van der Waals surface area contributed by atoms with Crippen molar-refractivity contribution in [2.24, 2.45) is 4.99 Å². The van der Waals surface area contributed by atoms with Crippen LogP contribution in [0.2, 0.25) is 0 Å². The lowest BCUT2D eigenvalue weighted by Gasteiger charge is -2.12. The van der Waals surface area contributed by atoms with E-state index in [0.717, 1.165) is 0 Å². The van der Waals surface area contributed by atoms with E-state index in [4.69, 9.17) is 4.42 Å². The fourth-order valence-corrected chi connectivity index (χ4v) is 3.27. The van der Waals surface area contributed by atoms with Crippen LogP contribution in [-0.4, -0.2) is 45.7 Å². The summed E-state index contributed by atoms with van der Waals surface area (Å²) in [6, 6.07) is 3.94. The number of hydrogen-bond donors (Lipinski definition) is 3. The van der Waals surface area contributed by atoms with Crippen molar-refractivity contribution in [2.45, 2.75) is 13.0 Å². The monoisotopic (exact) mass is 421 g/mol. The van der Waals surface area contributed by atoms with E-state index in [0.29, 0.717) is 45.3 Å². The summed E-state index contributed by atoms with van der Waals surface area (Å²) in [5, 5.41) is 5.79. The molecule has 0 saturated heterocycles. The van der Waals surface area contributed by atoms with Crippen LogP contribution in [-0.2, 0) is 0 Å². The van der Waals surface area contributed by atoms with E-state index in [-0.39, 0.29) is 11.7 Å². The Morgan fingerprint density at radius 1 is 1.29 bits per heavy atom. The molecule has 4 rings (SSSR count). The molecule has 9 nitrogen and oxygen atoms in total. The summed E-state index contributed by atoms with van der Waals surface area (Å²) in [5.74, 6) is -0.317. The topological polar surface area (TPSA) is 121 Å². The molecule has 0 aliphatic carbocycles. The third kappa shape index (κ3) is 3.87. The molecule has 1 aromatic carbocycles. The Labute approximate surface area is 176 Å². The molecule has 1 atom stereocenters. The van der Waals surface area contributed by atoms with Crippen LogP contribution in [0.4, 0.5) is 10.1 Å². The van der Waals surface area contributed by atoms with E-state index >= 15 is 0 Å². The van der Waals surface area contributed by atoms with Gasteiger partial charge in [0.15, 0.2) is 5.65 Å². The first-order valence-corrected chi connectivity index (χ1v) is 9.51. The van der Waals surface area contributed by atoms with Crippen LogP contribution >= 0.6 is 0 Å². The number of aliphatic imine (C=N–C) groups is 1. The number of hydrogen-bond acceptors (Lipinski definition) is 7. The Morgan fingerprint density at radius 3 is 2.84 bits per heavy atom. The molecular weight excluding hydrogens is 401 g/mol. The number of carbonyl (C=O) groups excluding carboxylic acids is 1. The van der Waals surface area contributed by atoms with Crippen LogP contribution in [0.3, 0.4) is 0 Å². The highest BCUT2D eigenvalue weighted by Gasteiger charge is 2.21. The predicted octanol–water partition coefficient (Wildman–Crippen LogP) is 3.08. The Hall–Kier alpha value is -4.08. The maximum absolute atomic E-state index is 13.7. The second-order valence-electron chi connectivity index (χ2n) is 6.73. The first-order chi connectivity index (χ1) is 15.0. The van der Waals surface area contributed by atoms with Gasteiger partial charge in [0.05, 0.1) is 23.7 Å². The number of halogens is 1. The summed E-state index contributed by atoms with van der Waals surface area (Å²) in [4.78, 5) is 33.2. The van der Waals surface area contributed by atoms with Crippen molar-refractivity contribution >= 4 is 28.5 Å². The number of rotatable bonds is 6. The number of benzene rings is 1. The van der Waals surface area contributed by atoms with Crippen molar-refractivity contribution in [3.8, 4) is 0 Å². The van der Waals surface area contributed by atoms with E-state index in [2.05, 4.69) is 35.6 Å². The zero-order valence-electron chi connectivity index (χ0n) is 17.1. The van der Waals surface area contributed by atoms with Gasteiger partial charge in [-0.1, -0.05) is 0 Å². The molecule has 158 valence electrons. The fourth-order valence-electron chi connectivity index (χ4n) is 3.27.